The minimum atomic E-state index is 0.383. The molecule has 1 aliphatic heterocycles. The van der Waals surface area contributed by atoms with Gasteiger partial charge in [0, 0.05) is 11.8 Å². The fourth-order valence-electron chi connectivity index (χ4n) is 2.05. The minimum absolute atomic E-state index is 0.383. The van der Waals surface area contributed by atoms with E-state index in [2.05, 4.69) is 37.8 Å². The van der Waals surface area contributed by atoms with E-state index in [0.29, 0.717) is 4.87 Å². The Balaban J connectivity index is 2.16. The highest BCUT2D eigenvalue weighted by Gasteiger charge is 2.33. The predicted molar refractivity (Wildman–Crippen MR) is 66.8 cm³/mol. The van der Waals surface area contributed by atoms with Crippen LogP contribution in [0.3, 0.4) is 0 Å². The van der Waals surface area contributed by atoms with E-state index < -0.39 is 0 Å². The van der Waals surface area contributed by atoms with Gasteiger partial charge in [-0.15, -0.1) is 11.8 Å². The standard InChI is InChI=1S/C12H25NS/c1-4-6-7-8-9-12(3)13-11(5-2)10-14-12/h11,13H,4-10H2,1-3H3. The molecule has 84 valence electrons. The first-order chi connectivity index (χ1) is 6.70. The molecule has 0 amide bonds. The highest BCUT2D eigenvalue weighted by Crippen LogP contribution is 2.35. The van der Waals surface area contributed by atoms with Crippen LogP contribution in [-0.4, -0.2) is 16.7 Å². The van der Waals surface area contributed by atoms with Gasteiger partial charge in [-0.2, -0.15) is 0 Å². The molecule has 2 heteroatoms. The number of thioether (sulfide) groups is 1. The summed E-state index contributed by atoms with van der Waals surface area (Å²) < 4.78 is 0. The van der Waals surface area contributed by atoms with E-state index >= 15 is 0 Å². The lowest BCUT2D eigenvalue weighted by atomic mass is 10.1. The summed E-state index contributed by atoms with van der Waals surface area (Å²) in [6.07, 6.45) is 8.16. The number of nitrogens with one attached hydrogen (secondary N) is 1. The Hall–Kier alpha value is 0.310. The molecule has 0 spiro atoms. The molecule has 0 saturated carbocycles. The highest BCUT2D eigenvalue weighted by molar-refractivity contribution is 8.00. The van der Waals surface area contributed by atoms with Crippen molar-refractivity contribution in [2.75, 3.05) is 5.75 Å². The lowest BCUT2D eigenvalue weighted by Gasteiger charge is -2.24. The first-order valence-electron chi connectivity index (χ1n) is 6.12. The van der Waals surface area contributed by atoms with Crippen molar-refractivity contribution in [3.05, 3.63) is 0 Å². The van der Waals surface area contributed by atoms with Gasteiger partial charge in [0.05, 0.1) is 4.87 Å². The third-order valence-electron chi connectivity index (χ3n) is 3.11. The van der Waals surface area contributed by atoms with Crippen LogP contribution >= 0.6 is 11.8 Å². The molecule has 0 radical (unpaired) electrons. The van der Waals surface area contributed by atoms with E-state index in [1.165, 1.54) is 44.3 Å². The molecule has 0 aromatic carbocycles. The molecule has 2 unspecified atom stereocenters. The third kappa shape index (κ3) is 3.82. The number of hydrogen-bond acceptors (Lipinski definition) is 2. The molecule has 1 N–H and O–H groups in total. The predicted octanol–water partition coefficient (Wildman–Crippen LogP) is 3.79. The van der Waals surface area contributed by atoms with Crippen molar-refractivity contribution < 1.29 is 0 Å². The minimum Gasteiger partial charge on any atom is -0.299 e. The van der Waals surface area contributed by atoms with Crippen LogP contribution in [-0.2, 0) is 0 Å². The van der Waals surface area contributed by atoms with Crippen molar-refractivity contribution in [2.45, 2.75) is 70.2 Å². The summed E-state index contributed by atoms with van der Waals surface area (Å²) in [7, 11) is 0. The summed E-state index contributed by atoms with van der Waals surface area (Å²) in [5, 5.41) is 3.76. The first kappa shape index (κ1) is 12.4. The Morgan fingerprint density at radius 1 is 1.29 bits per heavy atom. The Bertz CT molecular complexity index is 160. The van der Waals surface area contributed by atoms with Gasteiger partial charge >= 0.3 is 0 Å². The molecule has 1 rings (SSSR count). The van der Waals surface area contributed by atoms with Crippen LogP contribution in [0.4, 0.5) is 0 Å². The zero-order valence-electron chi connectivity index (χ0n) is 9.94. The van der Waals surface area contributed by atoms with E-state index in [0.717, 1.165) is 6.04 Å². The Kier molecular flexibility index (Phi) is 5.32. The van der Waals surface area contributed by atoms with E-state index in [1.54, 1.807) is 0 Å². The van der Waals surface area contributed by atoms with Crippen LogP contribution in [0.1, 0.15) is 59.3 Å². The lowest BCUT2D eigenvalue weighted by Crippen LogP contribution is -2.38. The third-order valence-corrected chi connectivity index (χ3v) is 4.64. The number of rotatable bonds is 6. The molecule has 1 saturated heterocycles. The Labute approximate surface area is 93.4 Å². The van der Waals surface area contributed by atoms with Gasteiger partial charge in [-0.1, -0.05) is 39.5 Å². The van der Waals surface area contributed by atoms with Gasteiger partial charge in [0.2, 0.25) is 0 Å². The zero-order valence-corrected chi connectivity index (χ0v) is 10.8. The van der Waals surface area contributed by atoms with Crippen LogP contribution in [0.2, 0.25) is 0 Å². The molecule has 0 bridgehead atoms. The van der Waals surface area contributed by atoms with Gasteiger partial charge in [0.1, 0.15) is 0 Å². The van der Waals surface area contributed by atoms with Crippen LogP contribution in [0, 0.1) is 0 Å². The summed E-state index contributed by atoms with van der Waals surface area (Å²) in [6, 6.07) is 0.760. The van der Waals surface area contributed by atoms with Crippen molar-refractivity contribution in [1.29, 1.82) is 0 Å². The molecular formula is C12H25NS. The summed E-state index contributed by atoms with van der Waals surface area (Å²) in [5.74, 6) is 1.31. The van der Waals surface area contributed by atoms with Crippen LogP contribution < -0.4 is 5.32 Å². The van der Waals surface area contributed by atoms with Crippen molar-refractivity contribution >= 4 is 11.8 Å². The number of unbranched alkanes of at least 4 members (excludes halogenated alkanes) is 3. The first-order valence-corrected chi connectivity index (χ1v) is 7.10. The SMILES string of the molecule is CCCCCCC1(C)NC(CC)CS1. The lowest BCUT2D eigenvalue weighted by molar-refractivity contribution is 0.417. The molecule has 14 heavy (non-hydrogen) atoms. The molecule has 0 aromatic rings. The summed E-state index contributed by atoms with van der Waals surface area (Å²) in [4.78, 5) is 0.383. The van der Waals surface area contributed by atoms with Gasteiger partial charge in [0.25, 0.3) is 0 Å². The van der Waals surface area contributed by atoms with Gasteiger partial charge in [-0.3, -0.25) is 5.32 Å². The average Bonchev–Trinajstić information content (AvgIpc) is 2.56. The molecule has 1 nitrogen and oxygen atoms in total. The molecule has 0 aromatic heterocycles. The van der Waals surface area contributed by atoms with Crippen molar-refractivity contribution in [3.8, 4) is 0 Å². The summed E-state index contributed by atoms with van der Waals surface area (Å²) in [6.45, 7) is 6.93. The van der Waals surface area contributed by atoms with Crippen LogP contribution in [0.15, 0.2) is 0 Å². The highest BCUT2D eigenvalue weighted by atomic mass is 32.2. The van der Waals surface area contributed by atoms with Crippen LogP contribution in [0.5, 0.6) is 0 Å². The molecule has 0 aliphatic carbocycles. The van der Waals surface area contributed by atoms with Gasteiger partial charge in [-0.25, -0.2) is 0 Å². The maximum absolute atomic E-state index is 3.76. The van der Waals surface area contributed by atoms with E-state index in [1.807, 2.05) is 0 Å². The summed E-state index contributed by atoms with van der Waals surface area (Å²) in [5.41, 5.74) is 0. The molecule has 2 atom stereocenters. The maximum Gasteiger partial charge on any atom is 0.0619 e. The average molecular weight is 215 g/mol. The quantitative estimate of drug-likeness (QED) is 0.677. The van der Waals surface area contributed by atoms with Crippen molar-refractivity contribution in [2.24, 2.45) is 0 Å². The summed E-state index contributed by atoms with van der Waals surface area (Å²) >= 11 is 2.12. The van der Waals surface area contributed by atoms with Gasteiger partial charge in [-0.05, 0) is 19.8 Å². The van der Waals surface area contributed by atoms with Crippen molar-refractivity contribution in [1.82, 2.24) is 5.32 Å². The largest absolute Gasteiger partial charge is 0.299 e. The normalized spacial score (nSPS) is 32.4. The Morgan fingerprint density at radius 3 is 2.64 bits per heavy atom. The topological polar surface area (TPSA) is 12.0 Å². The monoisotopic (exact) mass is 215 g/mol. The van der Waals surface area contributed by atoms with Gasteiger partial charge < -0.3 is 0 Å². The van der Waals surface area contributed by atoms with Gasteiger partial charge in [0.15, 0.2) is 0 Å². The second-order valence-corrected chi connectivity index (χ2v) is 6.13. The molecule has 1 fully saturated rings. The second-order valence-electron chi connectivity index (χ2n) is 4.60. The fourth-order valence-corrected chi connectivity index (χ4v) is 3.48. The van der Waals surface area contributed by atoms with Crippen molar-refractivity contribution in [3.63, 3.8) is 0 Å². The molecule has 1 heterocycles. The van der Waals surface area contributed by atoms with E-state index in [4.69, 9.17) is 0 Å². The number of hydrogen-bond donors (Lipinski definition) is 1. The second kappa shape index (κ2) is 6.02. The fraction of sp³-hybridized carbons (Fsp3) is 1.00. The maximum atomic E-state index is 3.76. The zero-order chi connectivity index (χ0) is 10.4. The smallest absolute Gasteiger partial charge is 0.0619 e. The molecular weight excluding hydrogens is 190 g/mol. The van der Waals surface area contributed by atoms with E-state index in [9.17, 15) is 0 Å². The molecule has 1 aliphatic rings. The van der Waals surface area contributed by atoms with E-state index in [-0.39, 0.29) is 0 Å². The van der Waals surface area contributed by atoms with Crippen LogP contribution in [0.25, 0.3) is 0 Å². The Morgan fingerprint density at radius 2 is 2.07 bits per heavy atom.